The lowest BCUT2D eigenvalue weighted by Gasteiger charge is -2.04. The van der Waals surface area contributed by atoms with Crippen molar-refractivity contribution in [1.29, 1.82) is 0 Å². The van der Waals surface area contributed by atoms with Gasteiger partial charge in [-0.1, -0.05) is 0 Å². The van der Waals surface area contributed by atoms with Crippen molar-refractivity contribution in [3.05, 3.63) is 82.2 Å². The molecule has 0 bridgehead atoms. The number of aromatic nitrogens is 2. The predicted molar refractivity (Wildman–Crippen MR) is 98.3 cm³/mol. The van der Waals surface area contributed by atoms with Gasteiger partial charge in [0.05, 0.1) is 19.0 Å². The van der Waals surface area contributed by atoms with Crippen LogP contribution in [-0.2, 0) is 0 Å². The summed E-state index contributed by atoms with van der Waals surface area (Å²) in [6.45, 7) is 0. The summed E-state index contributed by atoms with van der Waals surface area (Å²) >= 11 is 0. The molecule has 0 aliphatic carbocycles. The monoisotopic (exact) mass is 366 g/mol. The van der Waals surface area contributed by atoms with Gasteiger partial charge in [-0.25, -0.2) is 14.6 Å². The Morgan fingerprint density at radius 1 is 1.19 bits per heavy atom. The molecular formula is C19H15FN4O3. The molecule has 3 rings (SSSR count). The molecule has 0 aliphatic rings. The van der Waals surface area contributed by atoms with Crippen LogP contribution in [0.1, 0.15) is 16.1 Å². The fourth-order valence-corrected chi connectivity index (χ4v) is 2.26. The van der Waals surface area contributed by atoms with Crippen LogP contribution < -0.4 is 15.9 Å². The number of H-pyrrole nitrogens is 1. The number of amides is 1. The molecule has 1 amide bonds. The highest BCUT2D eigenvalue weighted by molar-refractivity contribution is 5.93. The van der Waals surface area contributed by atoms with E-state index in [9.17, 15) is 14.0 Å². The number of nitrogens with zero attached hydrogens (tertiary/aromatic N) is 2. The molecule has 136 valence electrons. The van der Waals surface area contributed by atoms with Crippen LogP contribution in [0.3, 0.4) is 0 Å². The highest BCUT2D eigenvalue weighted by Gasteiger charge is 2.10. The normalized spacial score (nSPS) is 10.7. The Labute approximate surface area is 153 Å². The lowest BCUT2D eigenvalue weighted by atomic mass is 10.1. The predicted octanol–water partition coefficient (Wildman–Crippen LogP) is 2.35. The molecule has 0 radical (unpaired) electrons. The van der Waals surface area contributed by atoms with Gasteiger partial charge in [-0.05, 0) is 60.2 Å². The first-order valence-electron chi connectivity index (χ1n) is 7.90. The van der Waals surface area contributed by atoms with Crippen LogP contribution in [0.2, 0.25) is 0 Å². The summed E-state index contributed by atoms with van der Waals surface area (Å²) in [6, 6.07) is 13.9. The van der Waals surface area contributed by atoms with Gasteiger partial charge in [-0.15, -0.1) is 0 Å². The minimum absolute atomic E-state index is 0.0128. The molecule has 0 spiro atoms. The van der Waals surface area contributed by atoms with Crippen LogP contribution in [-0.4, -0.2) is 29.2 Å². The number of benzene rings is 2. The van der Waals surface area contributed by atoms with Crippen LogP contribution in [0.4, 0.5) is 4.39 Å². The molecule has 0 saturated heterocycles. The highest BCUT2D eigenvalue weighted by Crippen LogP contribution is 2.16. The van der Waals surface area contributed by atoms with Crippen LogP contribution in [0.25, 0.3) is 11.3 Å². The minimum atomic E-state index is -0.693. The molecule has 0 atom stereocenters. The van der Waals surface area contributed by atoms with Gasteiger partial charge in [-0.3, -0.25) is 4.79 Å². The molecule has 1 heterocycles. The van der Waals surface area contributed by atoms with Crippen molar-refractivity contribution in [3.8, 4) is 17.0 Å². The maximum Gasteiger partial charge on any atom is 0.346 e. The van der Waals surface area contributed by atoms with E-state index in [-0.39, 0.29) is 11.4 Å². The zero-order valence-electron chi connectivity index (χ0n) is 14.3. The van der Waals surface area contributed by atoms with E-state index in [1.54, 1.807) is 31.4 Å². The van der Waals surface area contributed by atoms with Crippen molar-refractivity contribution in [2.75, 3.05) is 7.11 Å². The van der Waals surface area contributed by atoms with Crippen molar-refractivity contribution in [2.24, 2.45) is 5.10 Å². The number of rotatable bonds is 5. The fourth-order valence-electron chi connectivity index (χ4n) is 2.26. The van der Waals surface area contributed by atoms with Crippen molar-refractivity contribution in [3.63, 3.8) is 0 Å². The second-order valence-corrected chi connectivity index (χ2v) is 5.46. The molecule has 1 aromatic heterocycles. The maximum atomic E-state index is 13.0. The van der Waals surface area contributed by atoms with Crippen LogP contribution in [0.5, 0.6) is 5.75 Å². The lowest BCUT2D eigenvalue weighted by molar-refractivity contribution is 0.0949. The van der Waals surface area contributed by atoms with Gasteiger partial charge < -0.3 is 9.72 Å². The second kappa shape index (κ2) is 8.05. The molecular weight excluding hydrogens is 351 g/mol. The van der Waals surface area contributed by atoms with Gasteiger partial charge in [-0.2, -0.15) is 10.1 Å². The fraction of sp³-hybridized carbons (Fsp3) is 0.0526. The van der Waals surface area contributed by atoms with Gasteiger partial charge in [0, 0.05) is 5.56 Å². The Morgan fingerprint density at radius 3 is 2.56 bits per heavy atom. The van der Waals surface area contributed by atoms with Crippen LogP contribution in [0, 0.1) is 5.82 Å². The number of carbonyl (C=O) groups excluding carboxylic acids is 1. The Kier molecular flexibility index (Phi) is 5.36. The number of ether oxygens (including phenoxy) is 1. The first-order valence-corrected chi connectivity index (χ1v) is 7.90. The Morgan fingerprint density at radius 2 is 1.89 bits per heavy atom. The highest BCUT2D eigenvalue weighted by atomic mass is 19.1. The zero-order valence-corrected chi connectivity index (χ0v) is 14.3. The van der Waals surface area contributed by atoms with Crippen molar-refractivity contribution >= 4 is 12.1 Å². The second-order valence-electron chi connectivity index (χ2n) is 5.46. The van der Waals surface area contributed by atoms with Gasteiger partial charge in [0.2, 0.25) is 0 Å². The number of methoxy groups -OCH3 is 1. The third kappa shape index (κ3) is 4.63. The number of carbonyl (C=O) groups is 1. The number of aromatic amines is 1. The molecule has 0 fully saturated rings. The van der Waals surface area contributed by atoms with Gasteiger partial charge in [0.15, 0.2) is 0 Å². The number of hydrazone groups is 1. The summed E-state index contributed by atoms with van der Waals surface area (Å²) in [5, 5.41) is 3.86. The van der Waals surface area contributed by atoms with E-state index in [0.717, 1.165) is 5.56 Å². The number of hydrogen-bond acceptors (Lipinski definition) is 5. The van der Waals surface area contributed by atoms with Crippen LogP contribution >= 0.6 is 0 Å². The molecule has 27 heavy (non-hydrogen) atoms. The summed E-state index contributed by atoms with van der Waals surface area (Å²) in [5.74, 6) is -0.309. The smallest absolute Gasteiger partial charge is 0.346 e. The number of hydrogen-bond donors (Lipinski definition) is 2. The standard InChI is InChI=1S/C19H15FN4O3/c1-27-15-8-2-12(3-9-15)11-21-24-18(25)17-10-16(22-19(26)23-17)13-4-6-14(20)7-5-13/h2-11H,1H3,(H,24,25)(H,22,23,26)/b21-11+. The summed E-state index contributed by atoms with van der Waals surface area (Å²) in [5.41, 5.74) is 3.15. The summed E-state index contributed by atoms with van der Waals surface area (Å²) < 4.78 is 18.1. The Balaban J connectivity index is 1.75. The molecule has 3 aromatic rings. The maximum absolute atomic E-state index is 13.0. The Bertz CT molecular complexity index is 1030. The van der Waals surface area contributed by atoms with Gasteiger partial charge in [0.1, 0.15) is 17.3 Å². The number of nitrogens with one attached hydrogen (secondary N) is 2. The first-order chi connectivity index (χ1) is 13.0. The largest absolute Gasteiger partial charge is 0.497 e. The average molecular weight is 366 g/mol. The summed E-state index contributed by atoms with van der Waals surface area (Å²) in [6.07, 6.45) is 1.46. The van der Waals surface area contributed by atoms with E-state index >= 15 is 0 Å². The third-order valence-corrected chi connectivity index (χ3v) is 3.62. The average Bonchev–Trinajstić information content (AvgIpc) is 2.68. The Hall–Kier alpha value is -3.81. The molecule has 0 unspecified atom stereocenters. The minimum Gasteiger partial charge on any atom is -0.497 e. The summed E-state index contributed by atoms with van der Waals surface area (Å²) in [4.78, 5) is 30.1. The van der Waals surface area contributed by atoms with Crippen molar-refractivity contribution < 1.29 is 13.9 Å². The first kappa shape index (κ1) is 18.0. The molecule has 2 aromatic carbocycles. The molecule has 0 aliphatic heterocycles. The molecule has 0 saturated carbocycles. The van der Waals surface area contributed by atoms with Crippen molar-refractivity contribution in [1.82, 2.24) is 15.4 Å². The third-order valence-electron chi connectivity index (χ3n) is 3.62. The van der Waals surface area contributed by atoms with E-state index in [2.05, 4.69) is 20.5 Å². The molecule has 8 heteroatoms. The van der Waals surface area contributed by atoms with Crippen LogP contribution in [0.15, 0.2) is 64.5 Å². The molecule has 2 N–H and O–H groups in total. The zero-order chi connectivity index (χ0) is 19.2. The van der Waals surface area contributed by atoms with Crippen molar-refractivity contribution in [2.45, 2.75) is 0 Å². The lowest BCUT2D eigenvalue weighted by Crippen LogP contribution is -2.24. The van der Waals surface area contributed by atoms with E-state index in [4.69, 9.17) is 4.74 Å². The SMILES string of the molecule is COc1ccc(/C=N/NC(=O)c2cc(-c3ccc(F)cc3)nc(=O)[nH]2)cc1. The van der Waals surface area contributed by atoms with E-state index in [1.807, 2.05) is 0 Å². The molecule has 7 nitrogen and oxygen atoms in total. The van der Waals surface area contributed by atoms with Gasteiger partial charge >= 0.3 is 5.69 Å². The van der Waals surface area contributed by atoms with E-state index in [0.29, 0.717) is 11.3 Å². The number of halogens is 1. The quantitative estimate of drug-likeness (QED) is 0.535. The topological polar surface area (TPSA) is 96.4 Å². The van der Waals surface area contributed by atoms with E-state index < -0.39 is 17.4 Å². The van der Waals surface area contributed by atoms with E-state index in [1.165, 1.54) is 36.5 Å². The van der Waals surface area contributed by atoms with Gasteiger partial charge in [0.25, 0.3) is 5.91 Å². The summed E-state index contributed by atoms with van der Waals surface area (Å²) in [7, 11) is 1.57.